The van der Waals surface area contributed by atoms with Gasteiger partial charge in [0.2, 0.25) is 5.88 Å². The van der Waals surface area contributed by atoms with Crippen molar-refractivity contribution in [3.05, 3.63) is 94.6 Å². The van der Waals surface area contributed by atoms with Crippen LogP contribution in [-0.4, -0.2) is 12.2 Å². The highest BCUT2D eigenvalue weighted by Gasteiger charge is 2.31. The second kappa shape index (κ2) is 8.28. The van der Waals surface area contributed by atoms with Gasteiger partial charge in [-0.2, -0.15) is 5.26 Å². The Bertz CT molecular complexity index is 1220. The molecule has 1 heterocycles. The number of allylic oxidation sites excluding steroid dienone is 1. The fourth-order valence-corrected chi connectivity index (χ4v) is 3.54. The maximum atomic E-state index is 13.9. The molecule has 0 spiro atoms. The van der Waals surface area contributed by atoms with Crippen molar-refractivity contribution in [2.75, 3.05) is 7.11 Å². The van der Waals surface area contributed by atoms with E-state index in [-0.39, 0.29) is 29.6 Å². The Balaban J connectivity index is 1.70. The maximum absolute atomic E-state index is 13.9. The van der Waals surface area contributed by atoms with Gasteiger partial charge < -0.3 is 25.1 Å². The van der Waals surface area contributed by atoms with Gasteiger partial charge in [0.15, 0.2) is 11.5 Å². The van der Waals surface area contributed by atoms with Crippen molar-refractivity contribution in [3.8, 4) is 29.1 Å². The number of benzene rings is 3. The van der Waals surface area contributed by atoms with Gasteiger partial charge in [-0.15, -0.1) is 0 Å². The monoisotopic (exact) mass is 418 g/mol. The summed E-state index contributed by atoms with van der Waals surface area (Å²) in [6.45, 7) is 0.0397. The second-order valence-corrected chi connectivity index (χ2v) is 6.94. The van der Waals surface area contributed by atoms with E-state index in [1.165, 1.54) is 25.3 Å². The molecule has 0 unspecified atom stereocenters. The van der Waals surface area contributed by atoms with Crippen LogP contribution in [0, 0.1) is 17.1 Å². The van der Waals surface area contributed by atoms with Gasteiger partial charge >= 0.3 is 0 Å². The summed E-state index contributed by atoms with van der Waals surface area (Å²) in [7, 11) is 1.50. The molecule has 0 aliphatic carbocycles. The van der Waals surface area contributed by atoms with Crippen molar-refractivity contribution in [1.82, 2.24) is 0 Å². The minimum atomic E-state index is -0.510. The number of aromatic hydroxyl groups is 1. The molecule has 7 heteroatoms. The molecule has 0 amide bonds. The maximum Gasteiger partial charge on any atom is 0.205 e. The predicted molar refractivity (Wildman–Crippen MR) is 111 cm³/mol. The number of phenols is 1. The number of fused-ring (bicyclic) bond motifs is 1. The number of hydrogen-bond donors (Lipinski definition) is 2. The Morgan fingerprint density at radius 1 is 1.13 bits per heavy atom. The van der Waals surface area contributed by atoms with Gasteiger partial charge in [0, 0.05) is 17.2 Å². The van der Waals surface area contributed by atoms with Gasteiger partial charge in [0.05, 0.1) is 13.0 Å². The summed E-state index contributed by atoms with van der Waals surface area (Å²) in [5.74, 6) is 0.382. The van der Waals surface area contributed by atoms with Crippen molar-refractivity contribution in [3.63, 3.8) is 0 Å². The lowest BCUT2D eigenvalue weighted by atomic mass is 9.83. The first-order chi connectivity index (χ1) is 15.0. The lowest BCUT2D eigenvalue weighted by Crippen LogP contribution is -2.21. The van der Waals surface area contributed by atoms with E-state index in [0.717, 1.165) is 5.56 Å². The molecular weight excluding hydrogens is 399 g/mol. The molecule has 0 bridgehead atoms. The topological polar surface area (TPSA) is 97.7 Å². The summed E-state index contributed by atoms with van der Waals surface area (Å²) in [5, 5.41) is 19.5. The molecule has 156 valence electrons. The predicted octanol–water partition coefficient (Wildman–Crippen LogP) is 4.34. The highest BCUT2D eigenvalue weighted by molar-refractivity contribution is 5.58. The molecular formula is C24H19FN2O4. The Hall–Kier alpha value is -4.18. The summed E-state index contributed by atoms with van der Waals surface area (Å²) in [4.78, 5) is 0. The first-order valence-electron chi connectivity index (χ1n) is 9.46. The first kappa shape index (κ1) is 20.1. The molecule has 4 rings (SSSR count). The van der Waals surface area contributed by atoms with E-state index in [2.05, 4.69) is 6.07 Å². The number of halogens is 1. The highest BCUT2D eigenvalue weighted by atomic mass is 19.1. The smallest absolute Gasteiger partial charge is 0.205 e. The number of nitrogens with zero attached hydrogens (tertiary/aromatic N) is 1. The Kier molecular flexibility index (Phi) is 5.37. The number of phenolic OH excluding ortho intramolecular Hbond substituents is 1. The van der Waals surface area contributed by atoms with E-state index >= 15 is 0 Å². The number of hydrogen-bond acceptors (Lipinski definition) is 6. The third-order valence-corrected chi connectivity index (χ3v) is 5.06. The van der Waals surface area contributed by atoms with Crippen LogP contribution >= 0.6 is 0 Å². The molecule has 0 saturated heterocycles. The fourth-order valence-electron chi connectivity index (χ4n) is 3.54. The number of nitriles is 1. The van der Waals surface area contributed by atoms with Crippen molar-refractivity contribution in [2.45, 2.75) is 12.5 Å². The quantitative estimate of drug-likeness (QED) is 0.640. The fraction of sp³-hybridized carbons (Fsp3) is 0.125. The zero-order valence-corrected chi connectivity index (χ0v) is 16.6. The average Bonchev–Trinajstić information content (AvgIpc) is 2.77. The van der Waals surface area contributed by atoms with Gasteiger partial charge in [-0.3, -0.25) is 0 Å². The molecule has 3 aromatic rings. The third-order valence-electron chi connectivity index (χ3n) is 5.06. The summed E-state index contributed by atoms with van der Waals surface area (Å²) in [6, 6.07) is 18.4. The number of rotatable bonds is 5. The average molecular weight is 418 g/mol. The molecule has 6 nitrogen and oxygen atoms in total. The molecule has 1 atom stereocenters. The third kappa shape index (κ3) is 3.83. The first-order valence-corrected chi connectivity index (χ1v) is 9.46. The second-order valence-electron chi connectivity index (χ2n) is 6.94. The van der Waals surface area contributed by atoms with E-state index in [1.807, 2.05) is 0 Å². The van der Waals surface area contributed by atoms with E-state index < -0.39 is 5.92 Å². The zero-order chi connectivity index (χ0) is 22.0. The molecule has 3 aromatic carbocycles. The van der Waals surface area contributed by atoms with Crippen LogP contribution in [-0.2, 0) is 6.61 Å². The summed E-state index contributed by atoms with van der Waals surface area (Å²) >= 11 is 0. The lowest BCUT2D eigenvalue weighted by Gasteiger charge is -2.27. The van der Waals surface area contributed by atoms with Gasteiger partial charge in [0.1, 0.15) is 35.6 Å². The van der Waals surface area contributed by atoms with E-state index in [9.17, 15) is 14.8 Å². The van der Waals surface area contributed by atoms with Gasteiger partial charge in [-0.25, -0.2) is 4.39 Å². The standard InChI is InChI=1S/C24H19FN2O4/c1-29-22-10-14(6-9-20(22)30-13-15-4-2-3-5-19(15)25)23-17-8-7-16(28)11-21(17)31-24(27)18(23)12-26/h2-11,23,28H,13,27H2,1H3/t23-/m0/s1. The Labute approximate surface area is 178 Å². The van der Waals surface area contributed by atoms with Crippen molar-refractivity contribution in [1.29, 1.82) is 5.26 Å². The SMILES string of the molecule is COc1cc([C@@H]2C(C#N)=C(N)Oc3cc(O)ccc32)ccc1OCc1ccccc1F. The molecule has 3 N–H and O–H groups in total. The van der Waals surface area contributed by atoms with E-state index in [1.54, 1.807) is 42.5 Å². The van der Waals surface area contributed by atoms with Crippen LogP contribution in [0.5, 0.6) is 23.0 Å². The van der Waals surface area contributed by atoms with Crippen LogP contribution in [0.3, 0.4) is 0 Å². The van der Waals surface area contributed by atoms with E-state index in [4.69, 9.17) is 19.9 Å². The van der Waals surface area contributed by atoms with Crippen LogP contribution in [0.1, 0.15) is 22.6 Å². The summed E-state index contributed by atoms with van der Waals surface area (Å²) < 4.78 is 30.7. The minimum Gasteiger partial charge on any atom is -0.508 e. The van der Waals surface area contributed by atoms with Gasteiger partial charge in [-0.1, -0.05) is 30.3 Å². The number of nitrogens with two attached hydrogens (primary N) is 1. The van der Waals surface area contributed by atoms with Crippen LogP contribution in [0.25, 0.3) is 0 Å². The number of methoxy groups -OCH3 is 1. The lowest BCUT2D eigenvalue weighted by molar-refractivity contribution is 0.279. The van der Waals surface area contributed by atoms with Crippen molar-refractivity contribution < 1.29 is 23.7 Å². The molecule has 1 aliphatic rings. The Morgan fingerprint density at radius 3 is 2.68 bits per heavy atom. The minimum absolute atomic E-state index is 0.0237. The summed E-state index contributed by atoms with van der Waals surface area (Å²) in [5.41, 5.74) is 8.06. The van der Waals surface area contributed by atoms with Crippen molar-refractivity contribution in [2.24, 2.45) is 5.73 Å². The van der Waals surface area contributed by atoms with Crippen LogP contribution in [0.15, 0.2) is 72.1 Å². The van der Waals surface area contributed by atoms with Gasteiger partial charge in [-0.05, 0) is 29.8 Å². The molecule has 31 heavy (non-hydrogen) atoms. The van der Waals surface area contributed by atoms with Gasteiger partial charge in [0.25, 0.3) is 0 Å². The highest BCUT2D eigenvalue weighted by Crippen LogP contribution is 2.45. The molecule has 0 aromatic heterocycles. The molecule has 0 saturated carbocycles. The van der Waals surface area contributed by atoms with E-state index in [0.29, 0.717) is 28.4 Å². The summed E-state index contributed by atoms with van der Waals surface area (Å²) in [6.07, 6.45) is 0. The van der Waals surface area contributed by atoms with Crippen molar-refractivity contribution >= 4 is 0 Å². The molecule has 0 fully saturated rings. The van der Waals surface area contributed by atoms with Crippen LogP contribution in [0.4, 0.5) is 4.39 Å². The number of ether oxygens (including phenoxy) is 3. The normalized spacial score (nSPS) is 14.9. The molecule has 1 aliphatic heterocycles. The van der Waals surface area contributed by atoms with Crippen LogP contribution < -0.4 is 19.9 Å². The zero-order valence-electron chi connectivity index (χ0n) is 16.6. The van der Waals surface area contributed by atoms with Crippen LogP contribution in [0.2, 0.25) is 0 Å². The molecule has 0 radical (unpaired) electrons. The Morgan fingerprint density at radius 2 is 1.94 bits per heavy atom. The largest absolute Gasteiger partial charge is 0.508 e.